The van der Waals surface area contributed by atoms with Gasteiger partial charge in [0.1, 0.15) is 5.75 Å². The molecule has 0 unspecified atom stereocenters. The lowest BCUT2D eigenvalue weighted by Crippen LogP contribution is -2.11. The first kappa shape index (κ1) is 11.7. The molecule has 3 rings (SSSR count). The van der Waals surface area contributed by atoms with E-state index in [-0.39, 0.29) is 17.2 Å². The van der Waals surface area contributed by atoms with Gasteiger partial charge in [0, 0.05) is 17.0 Å². The van der Waals surface area contributed by atoms with Crippen molar-refractivity contribution < 1.29 is 9.90 Å². The zero-order valence-corrected chi connectivity index (χ0v) is 10.6. The number of hydrogen-bond donors (Lipinski definition) is 2. The van der Waals surface area contributed by atoms with Gasteiger partial charge in [0.05, 0.1) is 5.56 Å². The number of hydrogen-bond acceptors (Lipinski definition) is 4. The maximum Gasteiger partial charge on any atom is 0.261 e. The van der Waals surface area contributed by atoms with E-state index in [2.05, 4.69) is 10.3 Å². The summed E-state index contributed by atoms with van der Waals surface area (Å²) < 4.78 is 0. The van der Waals surface area contributed by atoms with Crippen molar-refractivity contribution in [1.82, 2.24) is 4.98 Å². The zero-order valence-electron chi connectivity index (χ0n) is 9.83. The van der Waals surface area contributed by atoms with Gasteiger partial charge in [-0.25, -0.2) is 4.98 Å². The molecule has 0 atom stereocenters. The van der Waals surface area contributed by atoms with E-state index in [9.17, 15) is 9.90 Å². The summed E-state index contributed by atoms with van der Waals surface area (Å²) in [4.78, 5) is 16.1. The van der Waals surface area contributed by atoms with E-state index in [1.54, 1.807) is 23.7 Å². The summed E-state index contributed by atoms with van der Waals surface area (Å²) in [7, 11) is 0. The standard InChI is InChI=1S/C14H10N2O2S/c17-12-10-4-2-1-3-9(10)5-6-11(12)13(18)16-14-15-7-8-19-14/h1-8,17H,(H,15,16,18). The van der Waals surface area contributed by atoms with Crippen LogP contribution in [0.15, 0.2) is 48.0 Å². The molecule has 1 aromatic heterocycles. The molecule has 3 aromatic rings. The van der Waals surface area contributed by atoms with E-state index in [4.69, 9.17) is 0 Å². The topological polar surface area (TPSA) is 62.2 Å². The number of thiazole rings is 1. The molecular formula is C14H10N2O2S. The van der Waals surface area contributed by atoms with Gasteiger partial charge in [-0.15, -0.1) is 11.3 Å². The first-order valence-electron chi connectivity index (χ1n) is 5.67. The van der Waals surface area contributed by atoms with Gasteiger partial charge < -0.3 is 5.11 Å². The van der Waals surface area contributed by atoms with Crippen LogP contribution in [0.1, 0.15) is 10.4 Å². The van der Waals surface area contributed by atoms with E-state index in [1.807, 2.05) is 24.3 Å². The number of benzene rings is 2. The van der Waals surface area contributed by atoms with Crippen LogP contribution in [0.5, 0.6) is 5.75 Å². The lowest BCUT2D eigenvalue weighted by Gasteiger charge is -2.07. The fourth-order valence-electron chi connectivity index (χ4n) is 1.89. The molecule has 1 heterocycles. The zero-order chi connectivity index (χ0) is 13.2. The van der Waals surface area contributed by atoms with Crippen LogP contribution in [0.3, 0.4) is 0 Å². The van der Waals surface area contributed by atoms with Gasteiger partial charge in [-0.05, 0) is 11.5 Å². The number of rotatable bonds is 2. The van der Waals surface area contributed by atoms with Crippen LogP contribution >= 0.6 is 11.3 Å². The second-order valence-electron chi connectivity index (χ2n) is 3.97. The minimum Gasteiger partial charge on any atom is -0.506 e. The van der Waals surface area contributed by atoms with Crippen molar-refractivity contribution in [3.8, 4) is 5.75 Å². The van der Waals surface area contributed by atoms with E-state index in [0.29, 0.717) is 10.5 Å². The number of nitrogens with zero attached hydrogens (tertiary/aromatic N) is 1. The van der Waals surface area contributed by atoms with E-state index >= 15 is 0 Å². The molecule has 4 nitrogen and oxygen atoms in total. The van der Waals surface area contributed by atoms with Crippen molar-refractivity contribution in [1.29, 1.82) is 0 Å². The van der Waals surface area contributed by atoms with Crippen molar-refractivity contribution in [3.63, 3.8) is 0 Å². The van der Waals surface area contributed by atoms with Gasteiger partial charge in [0.2, 0.25) is 0 Å². The number of carbonyl (C=O) groups excluding carboxylic acids is 1. The van der Waals surface area contributed by atoms with Crippen LogP contribution in [0, 0.1) is 0 Å². The Hall–Kier alpha value is -2.40. The molecule has 19 heavy (non-hydrogen) atoms. The number of phenolic OH excluding ortho intramolecular Hbond substituents is 1. The minimum absolute atomic E-state index is 0.00726. The lowest BCUT2D eigenvalue weighted by molar-refractivity contribution is 0.102. The number of fused-ring (bicyclic) bond motifs is 1. The molecule has 0 saturated carbocycles. The molecule has 0 aliphatic heterocycles. The number of aromatic hydroxyl groups is 1. The van der Waals surface area contributed by atoms with Gasteiger partial charge in [-0.1, -0.05) is 30.3 Å². The van der Waals surface area contributed by atoms with Crippen LogP contribution in [0.2, 0.25) is 0 Å². The maximum absolute atomic E-state index is 12.1. The van der Waals surface area contributed by atoms with E-state index in [1.165, 1.54) is 11.3 Å². The molecule has 0 radical (unpaired) electrons. The summed E-state index contributed by atoms with van der Waals surface area (Å²) >= 11 is 1.33. The second-order valence-corrected chi connectivity index (χ2v) is 4.87. The summed E-state index contributed by atoms with van der Waals surface area (Å²) in [6.45, 7) is 0. The number of amides is 1. The monoisotopic (exact) mass is 270 g/mol. The molecular weight excluding hydrogens is 260 g/mol. The summed E-state index contributed by atoms with van der Waals surface area (Å²) in [5.74, 6) is -0.370. The Morgan fingerprint density at radius 1 is 1.21 bits per heavy atom. The van der Waals surface area contributed by atoms with Crippen LogP contribution in [0.4, 0.5) is 5.13 Å². The van der Waals surface area contributed by atoms with Crippen molar-refractivity contribution in [2.24, 2.45) is 0 Å². The molecule has 2 N–H and O–H groups in total. The number of aromatic nitrogens is 1. The van der Waals surface area contributed by atoms with Gasteiger partial charge in [-0.2, -0.15) is 0 Å². The average molecular weight is 270 g/mol. The van der Waals surface area contributed by atoms with E-state index in [0.717, 1.165) is 5.39 Å². The Kier molecular flexibility index (Phi) is 2.89. The molecule has 0 spiro atoms. The molecule has 5 heteroatoms. The molecule has 1 amide bonds. The Balaban J connectivity index is 2.01. The minimum atomic E-state index is -0.363. The van der Waals surface area contributed by atoms with Crippen LogP contribution in [-0.4, -0.2) is 16.0 Å². The fourth-order valence-corrected chi connectivity index (χ4v) is 2.41. The summed E-state index contributed by atoms with van der Waals surface area (Å²) in [6.07, 6.45) is 1.61. The van der Waals surface area contributed by atoms with Gasteiger partial charge >= 0.3 is 0 Å². The summed E-state index contributed by atoms with van der Waals surface area (Å²) in [5, 5.41) is 16.7. The molecule has 0 saturated heterocycles. The second kappa shape index (κ2) is 4.70. The van der Waals surface area contributed by atoms with Crippen LogP contribution < -0.4 is 5.32 Å². The van der Waals surface area contributed by atoms with Crippen molar-refractivity contribution in [2.75, 3.05) is 5.32 Å². The smallest absolute Gasteiger partial charge is 0.261 e. The Morgan fingerprint density at radius 2 is 2.05 bits per heavy atom. The molecule has 2 aromatic carbocycles. The number of phenols is 1. The number of carbonyl (C=O) groups is 1. The molecule has 0 bridgehead atoms. The third kappa shape index (κ3) is 2.15. The molecule has 0 aliphatic carbocycles. The quantitative estimate of drug-likeness (QED) is 0.751. The highest BCUT2D eigenvalue weighted by Crippen LogP contribution is 2.29. The molecule has 94 valence electrons. The van der Waals surface area contributed by atoms with Gasteiger partial charge in [-0.3, -0.25) is 10.1 Å². The first-order chi connectivity index (χ1) is 9.25. The van der Waals surface area contributed by atoms with Gasteiger partial charge in [0.15, 0.2) is 5.13 Å². The fraction of sp³-hybridized carbons (Fsp3) is 0. The van der Waals surface area contributed by atoms with Gasteiger partial charge in [0.25, 0.3) is 5.91 Å². The highest BCUT2D eigenvalue weighted by Gasteiger charge is 2.14. The third-order valence-corrected chi connectivity index (χ3v) is 3.49. The molecule has 0 fully saturated rings. The average Bonchev–Trinajstić information content (AvgIpc) is 2.92. The van der Waals surface area contributed by atoms with Crippen molar-refractivity contribution >= 4 is 33.1 Å². The highest BCUT2D eigenvalue weighted by molar-refractivity contribution is 7.13. The van der Waals surface area contributed by atoms with Crippen molar-refractivity contribution in [3.05, 3.63) is 53.5 Å². The Morgan fingerprint density at radius 3 is 2.84 bits per heavy atom. The first-order valence-corrected chi connectivity index (χ1v) is 6.55. The normalized spacial score (nSPS) is 10.5. The summed E-state index contributed by atoms with van der Waals surface area (Å²) in [5.41, 5.74) is 0.244. The SMILES string of the molecule is O=C(Nc1nccs1)c1ccc2ccccc2c1O. The lowest BCUT2D eigenvalue weighted by atomic mass is 10.1. The Bertz CT molecular complexity index is 738. The predicted molar refractivity (Wildman–Crippen MR) is 75.7 cm³/mol. The highest BCUT2D eigenvalue weighted by atomic mass is 32.1. The van der Waals surface area contributed by atoms with Crippen LogP contribution in [-0.2, 0) is 0 Å². The van der Waals surface area contributed by atoms with Crippen molar-refractivity contribution in [2.45, 2.75) is 0 Å². The van der Waals surface area contributed by atoms with E-state index < -0.39 is 0 Å². The number of anilines is 1. The number of nitrogens with one attached hydrogen (secondary N) is 1. The van der Waals surface area contributed by atoms with Crippen LogP contribution in [0.25, 0.3) is 10.8 Å². The third-order valence-electron chi connectivity index (χ3n) is 2.80. The summed E-state index contributed by atoms with van der Waals surface area (Å²) in [6, 6.07) is 10.8. The Labute approximate surface area is 113 Å². The molecule has 0 aliphatic rings. The predicted octanol–water partition coefficient (Wildman–Crippen LogP) is 3.25. The maximum atomic E-state index is 12.1. The largest absolute Gasteiger partial charge is 0.506 e.